The molecule has 0 unspecified atom stereocenters. The second-order valence-corrected chi connectivity index (χ2v) is 4.97. The van der Waals surface area contributed by atoms with Crippen molar-refractivity contribution >= 4 is 10.8 Å². The van der Waals surface area contributed by atoms with E-state index in [1.807, 2.05) is 49.4 Å². The lowest BCUT2D eigenvalue weighted by atomic mass is 10.1. The van der Waals surface area contributed by atoms with Gasteiger partial charge >= 0.3 is 0 Å². The number of ether oxygens (including phenoxy) is 1. The quantitative estimate of drug-likeness (QED) is 0.746. The first-order valence-electron chi connectivity index (χ1n) is 6.74. The summed E-state index contributed by atoms with van der Waals surface area (Å²) in [6, 6.07) is 22.3. The molecule has 0 amide bonds. The molecule has 20 heavy (non-hydrogen) atoms. The molecule has 100 valence electrons. The average molecular weight is 263 g/mol. The van der Waals surface area contributed by atoms with E-state index in [2.05, 4.69) is 24.3 Å². The lowest BCUT2D eigenvalue weighted by molar-refractivity contribution is 0.483. The van der Waals surface area contributed by atoms with E-state index in [4.69, 9.17) is 10.5 Å². The van der Waals surface area contributed by atoms with Crippen molar-refractivity contribution in [1.29, 1.82) is 0 Å². The summed E-state index contributed by atoms with van der Waals surface area (Å²) in [5.74, 6) is 1.67. The molecule has 0 bridgehead atoms. The maximum absolute atomic E-state index is 5.88. The molecule has 1 atom stereocenters. The van der Waals surface area contributed by atoms with E-state index in [1.165, 1.54) is 10.8 Å². The van der Waals surface area contributed by atoms with Crippen LogP contribution in [0.3, 0.4) is 0 Å². The van der Waals surface area contributed by atoms with Crippen LogP contribution in [-0.2, 0) is 0 Å². The zero-order valence-electron chi connectivity index (χ0n) is 11.4. The molecule has 3 aromatic carbocycles. The van der Waals surface area contributed by atoms with Gasteiger partial charge in [0.25, 0.3) is 0 Å². The van der Waals surface area contributed by atoms with Crippen LogP contribution in [0.2, 0.25) is 0 Å². The number of hydrogen-bond acceptors (Lipinski definition) is 2. The van der Waals surface area contributed by atoms with E-state index in [0.717, 1.165) is 17.1 Å². The first-order valence-corrected chi connectivity index (χ1v) is 6.74. The largest absolute Gasteiger partial charge is 0.457 e. The highest BCUT2D eigenvalue weighted by Crippen LogP contribution is 2.26. The minimum atomic E-state index is 0.0460. The Balaban J connectivity index is 1.85. The van der Waals surface area contributed by atoms with Crippen molar-refractivity contribution in [2.24, 2.45) is 5.73 Å². The van der Waals surface area contributed by atoms with Crippen LogP contribution < -0.4 is 10.5 Å². The van der Waals surface area contributed by atoms with Crippen molar-refractivity contribution in [3.8, 4) is 11.5 Å². The summed E-state index contributed by atoms with van der Waals surface area (Å²) < 4.78 is 5.88. The van der Waals surface area contributed by atoms with Crippen LogP contribution in [-0.4, -0.2) is 0 Å². The molecule has 0 spiro atoms. The molecule has 2 nitrogen and oxygen atoms in total. The molecule has 0 heterocycles. The van der Waals surface area contributed by atoms with Crippen LogP contribution in [0.1, 0.15) is 18.5 Å². The van der Waals surface area contributed by atoms with Gasteiger partial charge in [-0.1, -0.05) is 42.5 Å². The van der Waals surface area contributed by atoms with Crippen LogP contribution in [0.25, 0.3) is 10.8 Å². The van der Waals surface area contributed by atoms with Gasteiger partial charge in [0.15, 0.2) is 0 Å². The third-order valence-corrected chi connectivity index (χ3v) is 3.36. The molecule has 3 aromatic rings. The van der Waals surface area contributed by atoms with Crippen LogP contribution in [0.15, 0.2) is 66.7 Å². The molecule has 2 N–H and O–H groups in total. The topological polar surface area (TPSA) is 35.2 Å². The lowest BCUT2D eigenvalue weighted by Gasteiger charge is -2.09. The monoisotopic (exact) mass is 263 g/mol. The molecule has 0 saturated heterocycles. The highest BCUT2D eigenvalue weighted by Gasteiger charge is 2.02. The maximum Gasteiger partial charge on any atom is 0.128 e. The standard InChI is InChI=1S/C18H17NO/c1-13(19)14-6-9-17(10-7-14)20-18-11-8-15-4-2-3-5-16(15)12-18/h2-13H,19H2,1H3/t13-/m1/s1. The predicted octanol–water partition coefficient (Wildman–Crippen LogP) is 4.65. The molecule has 0 saturated carbocycles. The first-order chi connectivity index (χ1) is 9.72. The molecule has 2 heteroatoms. The van der Waals surface area contributed by atoms with Crippen LogP contribution in [0.4, 0.5) is 0 Å². The van der Waals surface area contributed by atoms with Gasteiger partial charge in [0.1, 0.15) is 11.5 Å². The Morgan fingerprint density at radius 3 is 2.15 bits per heavy atom. The Morgan fingerprint density at radius 1 is 0.800 bits per heavy atom. The summed E-state index contributed by atoms with van der Waals surface area (Å²) in [7, 11) is 0. The van der Waals surface area contributed by atoms with E-state index in [9.17, 15) is 0 Å². The Morgan fingerprint density at radius 2 is 1.45 bits per heavy atom. The van der Waals surface area contributed by atoms with Crippen LogP contribution in [0, 0.1) is 0 Å². The fraction of sp³-hybridized carbons (Fsp3) is 0.111. The van der Waals surface area contributed by atoms with Crippen molar-refractivity contribution < 1.29 is 4.74 Å². The van der Waals surface area contributed by atoms with Gasteiger partial charge in [0.2, 0.25) is 0 Å². The Hall–Kier alpha value is -2.32. The molecule has 3 rings (SSSR count). The minimum Gasteiger partial charge on any atom is -0.457 e. The maximum atomic E-state index is 5.88. The number of benzene rings is 3. The third-order valence-electron chi connectivity index (χ3n) is 3.36. The molecule has 0 radical (unpaired) electrons. The predicted molar refractivity (Wildman–Crippen MR) is 83.1 cm³/mol. The lowest BCUT2D eigenvalue weighted by Crippen LogP contribution is -2.04. The number of rotatable bonds is 3. The van der Waals surface area contributed by atoms with E-state index < -0.39 is 0 Å². The molecule has 0 aliphatic heterocycles. The Kier molecular flexibility index (Phi) is 3.40. The summed E-state index contributed by atoms with van der Waals surface area (Å²) in [5, 5.41) is 2.39. The molecule has 0 aliphatic carbocycles. The zero-order chi connectivity index (χ0) is 13.9. The Labute approximate surface area is 118 Å². The van der Waals surface area contributed by atoms with Crippen molar-refractivity contribution in [3.63, 3.8) is 0 Å². The van der Waals surface area contributed by atoms with Gasteiger partial charge in [-0.3, -0.25) is 0 Å². The normalized spacial score (nSPS) is 12.3. The summed E-state index contributed by atoms with van der Waals surface area (Å²) in [6.07, 6.45) is 0. The van der Waals surface area contributed by atoms with Gasteiger partial charge in [-0.15, -0.1) is 0 Å². The van der Waals surface area contributed by atoms with Crippen LogP contribution in [0.5, 0.6) is 11.5 Å². The van der Waals surface area contributed by atoms with Crippen molar-refractivity contribution in [2.45, 2.75) is 13.0 Å². The summed E-state index contributed by atoms with van der Waals surface area (Å²) in [4.78, 5) is 0. The number of nitrogens with two attached hydrogens (primary N) is 1. The van der Waals surface area contributed by atoms with Crippen LogP contribution >= 0.6 is 0 Å². The van der Waals surface area contributed by atoms with Gasteiger partial charge in [-0.2, -0.15) is 0 Å². The average Bonchev–Trinajstić information content (AvgIpc) is 2.48. The number of fused-ring (bicyclic) bond motifs is 1. The van der Waals surface area contributed by atoms with E-state index in [0.29, 0.717) is 0 Å². The fourth-order valence-electron chi connectivity index (χ4n) is 2.21. The number of hydrogen-bond donors (Lipinski definition) is 1. The van der Waals surface area contributed by atoms with Gasteiger partial charge in [-0.25, -0.2) is 0 Å². The van der Waals surface area contributed by atoms with Crippen molar-refractivity contribution in [1.82, 2.24) is 0 Å². The molecule has 0 aliphatic rings. The molecular weight excluding hydrogens is 246 g/mol. The summed E-state index contributed by atoms with van der Waals surface area (Å²) >= 11 is 0. The second kappa shape index (κ2) is 5.35. The van der Waals surface area contributed by atoms with Crippen molar-refractivity contribution in [3.05, 3.63) is 72.3 Å². The van der Waals surface area contributed by atoms with E-state index in [-0.39, 0.29) is 6.04 Å². The SMILES string of the molecule is C[C@@H](N)c1ccc(Oc2ccc3ccccc3c2)cc1. The molecular formula is C18H17NO. The third kappa shape index (κ3) is 2.65. The highest BCUT2D eigenvalue weighted by molar-refractivity contribution is 5.83. The fourth-order valence-corrected chi connectivity index (χ4v) is 2.21. The zero-order valence-corrected chi connectivity index (χ0v) is 11.4. The van der Waals surface area contributed by atoms with Crippen molar-refractivity contribution in [2.75, 3.05) is 0 Å². The van der Waals surface area contributed by atoms with Gasteiger partial charge in [0.05, 0.1) is 0 Å². The van der Waals surface area contributed by atoms with Gasteiger partial charge in [0, 0.05) is 6.04 Å². The summed E-state index contributed by atoms with van der Waals surface area (Å²) in [6.45, 7) is 1.97. The van der Waals surface area contributed by atoms with Gasteiger partial charge < -0.3 is 10.5 Å². The minimum absolute atomic E-state index is 0.0460. The van der Waals surface area contributed by atoms with E-state index >= 15 is 0 Å². The smallest absolute Gasteiger partial charge is 0.128 e. The molecule has 0 aromatic heterocycles. The van der Waals surface area contributed by atoms with Gasteiger partial charge in [-0.05, 0) is 47.5 Å². The second-order valence-electron chi connectivity index (χ2n) is 4.97. The van der Waals surface area contributed by atoms with E-state index in [1.54, 1.807) is 0 Å². The Bertz CT molecular complexity index is 717. The summed E-state index contributed by atoms with van der Waals surface area (Å²) in [5.41, 5.74) is 6.95. The molecule has 0 fully saturated rings. The first kappa shape index (κ1) is 12.7. The highest BCUT2D eigenvalue weighted by atomic mass is 16.5.